The van der Waals surface area contributed by atoms with Crippen molar-refractivity contribution >= 4 is 35.0 Å². The van der Waals surface area contributed by atoms with Crippen LogP contribution < -0.4 is 16.1 Å². The third-order valence-corrected chi connectivity index (χ3v) is 6.95. The second kappa shape index (κ2) is 10.5. The number of nitrogen functional groups attached to an aromatic ring is 1. The van der Waals surface area contributed by atoms with Gasteiger partial charge in [0.25, 0.3) is 0 Å². The van der Waals surface area contributed by atoms with Crippen LogP contribution in [0.15, 0.2) is 42.2 Å². The van der Waals surface area contributed by atoms with Gasteiger partial charge in [-0.25, -0.2) is 14.4 Å². The summed E-state index contributed by atoms with van der Waals surface area (Å²) in [5.74, 6) is -0.306. The van der Waals surface area contributed by atoms with Gasteiger partial charge in [-0.3, -0.25) is 4.99 Å². The zero-order chi connectivity index (χ0) is 25.1. The molecule has 2 aliphatic heterocycles. The van der Waals surface area contributed by atoms with Crippen molar-refractivity contribution in [3.05, 3.63) is 59.8 Å². The van der Waals surface area contributed by atoms with Crippen molar-refractivity contribution in [1.29, 1.82) is 0 Å². The van der Waals surface area contributed by atoms with E-state index in [1.54, 1.807) is 23.8 Å². The Balaban J connectivity index is 0.000000189. The number of nitrogens with one attached hydrogen (secondary N) is 1. The molecule has 1 aromatic carbocycles. The number of benzene rings is 1. The molecule has 0 aliphatic carbocycles. The summed E-state index contributed by atoms with van der Waals surface area (Å²) in [6, 6.07) is 7.00. The van der Waals surface area contributed by atoms with Crippen molar-refractivity contribution in [3.8, 4) is 0 Å². The highest BCUT2D eigenvalue weighted by Gasteiger charge is 2.42. The summed E-state index contributed by atoms with van der Waals surface area (Å²) < 4.78 is 15.0. The zero-order valence-electron chi connectivity index (χ0n) is 21.1. The molecule has 2 aromatic heterocycles. The minimum absolute atomic E-state index is 0.306. The second-order valence-electron chi connectivity index (χ2n) is 9.14. The lowest BCUT2D eigenvalue weighted by Crippen LogP contribution is -2.43. The van der Waals surface area contributed by atoms with E-state index in [9.17, 15) is 4.39 Å². The number of aryl methyl sites for hydroxylation is 1. The van der Waals surface area contributed by atoms with Crippen LogP contribution in [0, 0.1) is 12.7 Å². The molecule has 7 nitrogen and oxygen atoms in total. The normalized spacial score (nSPS) is 19.2. The number of rotatable bonds is 6. The summed E-state index contributed by atoms with van der Waals surface area (Å²) >= 11 is 0. The zero-order valence-corrected chi connectivity index (χ0v) is 21.1. The molecule has 35 heavy (non-hydrogen) atoms. The van der Waals surface area contributed by atoms with Gasteiger partial charge < -0.3 is 20.5 Å². The predicted octanol–water partition coefficient (Wildman–Crippen LogP) is 5.15. The van der Waals surface area contributed by atoms with Crippen LogP contribution in [-0.4, -0.2) is 53.3 Å². The molecule has 8 heteroatoms. The molecule has 5 rings (SSSR count). The maximum atomic E-state index is 13.3. The minimum atomic E-state index is -0.306. The molecule has 2 fully saturated rings. The number of fused-ring (bicyclic) bond motifs is 3. The van der Waals surface area contributed by atoms with E-state index in [1.807, 2.05) is 26.1 Å². The summed E-state index contributed by atoms with van der Waals surface area (Å²) in [5, 5.41) is 7.73. The third-order valence-electron chi connectivity index (χ3n) is 6.95. The number of pyridine rings is 1. The first-order chi connectivity index (χ1) is 16.9. The second-order valence-corrected chi connectivity index (χ2v) is 9.14. The molecule has 3 N–H and O–H groups in total. The smallest absolute Gasteiger partial charge is 0.173 e. The number of nitrogens with zero attached hydrogens (tertiary/aromatic N) is 5. The van der Waals surface area contributed by atoms with Gasteiger partial charge in [-0.15, -0.1) is 0 Å². The SMILES string of the molecule is C=Cc1ccc(N(C)N2C3CCC2CC3)c(C=NCC)c1N.CNc1cc(F)c2nc(C)cn2c1. The highest BCUT2D eigenvalue weighted by Crippen LogP contribution is 2.40. The van der Waals surface area contributed by atoms with Gasteiger partial charge in [0.1, 0.15) is 0 Å². The van der Waals surface area contributed by atoms with E-state index < -0.39 is 0 Å². The average Bonchev–Trinajstić information content (AvgIpc) is 3.56. The molecule has 0 radical (unpaired) electrons. The monoisotopic (exact) mass is 477 g/mol. The summed E-state index contributed by atoms with van der Waals surface area (Å²) in [6.07, 6.45) is 12.6. The number of halogens is 1. The fourth-order valence-corrected chi connectivity index (χ4v) is 5.24. The fourth-order valence-electron chi connectivity index (χ4n) is 5.24. The van der Waals surface area contributed by atoms with Crippen LogP contribution in [0.25, 0.3) is 11.7 Å². The predicted molar refractivity (Wildman–Crippen MR) is 145 cm³/mol. The molecule has 0 saturated carbocycles. The molecule has 186 valence electrons. The minimum Gasteiger partial charge on any atom is -0.398 e. The maximum absolute atomic E-state index is 13.3. The fraction of sp³-hybridized carbons (Fsp3) is 0.407. The Morgan fingerprint density at radius 3 is 2.54 bits per heavy atom. The Morgan fingerprint density at radius 2 is 1.94 bits per heavy atom. The number of aromatic nitrogens is 2. The molecule has 0 unspecified atom stereocenters. The average molecular weight is 478 g/mol. The quantitative estimate of drug-likeness (QED) is 0.379. The van der Waals surface area contributed by atoms with Crippen molar-refractivity contribution < 1.29 is 4.39 Å². The number of aliphatic imine (C=N–C) groups is 1. The molecule has 4 heterocycles. The maximum Gasteiger partial charge on any atom is 0.173 e. The number of nitrogens with two attached hydrogens (primary N) is 1. The lowest BCUT2D eigenvalue weighted by molar-refractivity contribution is 0.243. The molecular weight excluding hydrogens is 441 g/mol. The number of imidazole rings is 1. The summed E-state index contributed by atoms with van der Waals surface area (Å²) in [7, 11) is 3.91. The van der Waals surface area contributed by atoms with Crippen molar-refractivity contribution in [2.45, 2.75) is 51.6 Å². The number of anilines is 3. The number of hydrogen-bond acceptors (Lipinski definition) is 6. The van der Waals surface area contributed by atoms with Gasteiger partial charge in [0.05, 0.1) is 17.1 Å². The van der Waals surface area contributed by atoms with Gasteiger partial charge in [-0.05, 0) is 51.2 Å². The van der Waals surface area contributed by atoms with Crippen molar-refractivity contribution in [1.82, 2.24) is 14.4 Å². The Bertz CT molecular complexity index is 1210. The van der Waals surface area contributed by atoms with E-state index >= 15 is 0 Å². The molecule has 0 atom stereocenters. The van der Waals surface area contributed by atoms with Crippen LogP contribution in [0.4, 0.5) is 21.5 Å². The topological polar surface area (TPSA) is 74.2 Å². The van der Waals surface area contributed by atoms with Crippen LogP contribution in [0.3, 0.4) is 0 Å². The van der Waals surface area contributed by atoms with Crippen molar-refractivity contribution in [2.24, 2.45) is 4.99 Å². The van der Waals surface area contributed by atoms with Gasteiger partial charge in [-0.2, -0.15) is 0 Å². The Hall–Kier alpha value is -3.39. The summed E-state index contributed by atoms with van der Waals surface area (Å²) in [6.45, 7) is 8.49. The van der Waals surface area contributed by atoms with E-state index in [1.165, 1.54) is 31.7 Å². The molecule has 0 spiro atoms. The largest absolute Gasteiger partial charge is 0.398 e. The van der Waals surface area contributed by atoms with E-state index in [-0.39, 0.29) is 5.82 Å². The van der Waals surface area contributed by atoms with E-state index in [0.717, 1.165) is 40.4 Å². The Kier molecular flexibility index (Phi) is 7.40. The third kappa shape index (κ3) is 4.89. The Morgan fingerprint density at radius 1 is 1.26 bits per heavy atom. The molecule has 2 bridgehead atoms. The first-order valence-electron chi connectivity index (χ1n) is 12.3. The van der Waals surface area contributed by atoms with E-state index in [4.69, 9.17) is 5.73 Å². The van der Waals surface area contributed by atoms with Gasteiger partial charge in [0, 0.05) is 68.6 Å². The van der Waals surface area contributed by atoms with Gasteiger partial charge in [0.2, 0.25) is 0 Å². The molecule has 3 aromatic rings. The highest BCUT2D eigenvalue weighted by molar-refractivity contribution is 5.97. The van der Waals surface area contributed by atoms with E-state index in [0.29, 0.717) is 17.7 Å². The molecule has 2 saturated heterocycles. The van der Waals surface area contributed by atoms with Gasteiger partial charge in [-0.1, -0.05) is 18.7 Å². The van der Waals surface area contributed by atoms with Crippen LogP contribution >= 0.6 is 0 Å². The number of hydrazine groups is 1. The van der Waals surface area contributed by atoms with Gasteiger partial charge >= 0.3 is 0 Å². The Labute approximate surface area is 207 Å². The van der Waals surface area contributed by atoms with Crippen LogP contribution in [0.2, 0.25) is 0 Å². The summed E-state index contributed by atoms with van der Waals surface area (Å²) in [5.41, 5.74) is 12.2. The standard InChI is InChI=1S/C18H26N4.C9H10FN3/c1-4-13-6-11-17(16(18(13)19)12-20-5-2)21(3)22-14-7-8-15(22)10-9-14;1-6-4-13-5-7(11-2)3-8(10)9(13)12-6/h4,6,11-12,14-15H,1,5,7-10,19H2,2-3H3;3-5,11H,1-2H3. The molecule has 2 aliphatic rings. The van der Waals surface area contributed by atoms with Gasteiger partial charge in [0.15, 0.2) is 11.5 Å². The van der Waals surface area contributed by atoms with Crippen LogP contribution in [-0.2, 0) is 0 Å². The number of hydrogen-bond donors (Lipinski definition) is 2. The van der Waals surface area contributed by atoms with Crippen molar-refractivity contribution in [3.63, 3.8) is 0 Å². The molecule has 0 amide bonds. The molecular formula is C27H36FN7. The lowest BCUT2D eigenvalue weighted by Gasteiger charge is -2.35. The summed E-state index contributed by atoms with van der Waals surface area (Å²) in [4.78, 5) is 8.47. The first-order valence-corrected chi connectivity index (χ1v) is 12.3. The highest BCUT2D eigenvalue weighted by atomic mass is 19.1. The van der Waals surface area contributed by atoms with Crippen molar-refractivity contribution in [2.75, 3.05) is 36.7 Å². The first kappa shape index (κ1) is 24.7. The van der Waals surface area contributed by atoms with Crippen LogP contribution in [0.1, 0.15) is 49.4 Å². The van der Waals surface area contributed by atoms with Crippen LogP contribution in [0.5, 0.6) is 0 Å². The lowest BCUT2D eigenvalue weighted by atomic mass is 10.0. The van der Waals surface area contributed by atoms with E-state index in [2.05, 4.69) is 51.1 Å².